The van der Waals surface area contributed by atoms with Crippen LogP contribution in [0.1, 0.15) is 48.0 Å². The standard InChI is InChI=1S/C13H25ClO3/c1-7-13(6,17-12(15)11(5)14)10(4)8-16-9(2)3/h9-11H,7-8H2,1-6H3. The van der Waals surface area contributed by atoms with E-state index in [1.807, 2.05) is 34.6 Å². The molecule has 0 aliphatic heterocycles. The Morgan fingerprint density at radius 1 is 1.29 bits per heavy atom. The van der Waals surface area contributed by atoms with Crippen LogP contribution in [0.4, 0.5) is 0 Å². The van der Waals surface area contributed by atoms with Crippen LogP contribution in [0.3, 0.4) is 0 Å². The maximum Gasteiger partial charge on any atom is 0.324 e. The van der Waals surface area contributed by atoms with Crippen molar-refractivity contribution in [1.82, 2.24) is 0 Å². The summed E-state index contributed by atoms with van der Waals surface area (Å²) in [5.41, 5.74) is -0.519. The Bertz CT molecular complexity index is 241. The Kier molecular flexibility index (Phi) is 7.10. The van der Waals surface area contributed by atoms with E-state index in [9.17, 15) is 4.79 Å². The van der Waals surface area contributed by atoms with Gasteiger partial charge in [-0.15, -0.1) is 11.6 Å². The summed E-state index contributed by atoms with van der Waals surface area (Å²) < 4.78 is 11.1. The molecule has 3 nitrogen and oxygen atoms in total. The number of hydrogen-bond donors (Lipinski definition) is 0. The van der Waals surface area contributed by atoms with E-state index < -0.39 is 11.0 Å². The van der Waals surface area contributed by atoms with E-state index >= 15 is 0 Å². The zero-order chi connectivity index (χ0) is 13.6. The summed E-state index contributed by atoms with van der Waals surface area (Å²) in [5, 5.41) is -0.612. The number of alkyl halides is 1. The van der Waals surface area contributed by atoms with Crippen LogP contribution in [0, 0.1) is 5.92 Å². The van der Waals surface area contributed by atoms with Crippen LogP contribution < -0.4 is 0 Å². The third-order valence-electron chi connectivity index (χ3n) is 3.08. The van der Waals surface area contributed by atoms with Crippen molar-refractivity contribution in [3.8, 4) is 0 Å². The molecule has 0 saturated carbocycles. The zero-order valence-corrected chi connectivity index (χ0v) is 12.5. The summed E-state index contributed by atoms with van der Waals surface area (Å²) in [7, 11) is 0. The third-order valence-corrected chi connectivity index (χ3v) is 3.26. The average molecular weight is 265 g/mol. The van der Waals surface area contributed by atoms with Gasteiger partial charge in [-0.3, -0.25) is 4.79 Å². The number of ether oxygens (including phenoxy) is 2. The van der Waals surface area contributed by atoms with Crippen molar-refractivity contribution in [2.24, 2.45) is 5.92 Å². The summed E-state index contributed by atoms with van der Waals surface area (Å²) in [6.07, 6.45) is 0.923. The third kappa shape index (κ3) is 5.73. The van der Waals surface area contributed by atoms with Crippen LogP contribution in [0.25, 0.3) is 0 Å². The van der Waals surface area contributed by atoms with Crippen molar-refractivity contribution in [2.75, 3.05) is 6.61 Å². The zero-order valence-electron chi connectivity index (χ0n) is 11.7. The molecule has 3 atom stereocenters. The highest BCUT2D eigenvalue weighted by Crippen LogP contribution is 2.27. The molecule has 0 heterocycles. The van der Waals surface area contributed by atoms with Crippen LogP contribution in [0.5, 0.6) is 0 Å². The molecule has 17 heavy (non-hydrogen) atoms. The number of rotatable bonds is 7. The Hall–Kier alpha value is -0.280. The van der Waals surface area contributed by atoms with E-state index in [4.69, 9.17) is 21.1 Å². The van der Waals surface area contributed by atoms with Gasteiger partial charge >= 0.3 is 5.97 Å². The highest BCUT2D eigenvalue weighted by atomic mass is 35.5. The number of halogens is 1. The Morgan fingerprint density at radius 3 is 2.18 bits per heavy atom. The lowest BCUT2D eigenvalue weighted by Gasteiger charge is -2.35. The van der Waals surface area contributed by atoms with Gasteiger partial charge in [0.05, 0.1) is 12.7 Å². The molecule has 0 radical (unpaired) electrons. The SMILES string of the molecule is CCC(C)(OC(=O)C(C)Cl)C(C)COC(C)C. The Balaban J connectivity index is 4.48. The largest absolute Gasteiger partial charge is 0.458 e. The number of hydrogen-bond acceptors (Lipinski definition) is 3. The fourth-order valence-corrected chi connectivity index (χ4v) is 1.39. The van der Waals surface area contributed by atoms with E-state index in [2.05, 4.69) is 0 Å². The van der Waals surface area contributed by atoms with E-state index in [1.165, 1.54) is 0 Å². The second-order valence-corrected chi connectivity index (χ2v) is 5.64. The van der Waals surface area contributed by atoms with Gasteiger partial charge in [-0.05, 0) is 34.1 Å². The van der Waals surface area contributed by atoms with Gasteiger partial charge in [0, 0.05) is 5.92 Å². The lowest BCUT2D eigenvalue weighted by atomic mass is 9.88. The summed E-state index contributed by atoms with van der Waals surface area (Å²) in [6.45, 7) is 12.1. The second-order valence-electron chi connectivity index (χ2n) is 4.99. The predicted octanol–water partition coefficient (Wildman–Crippen LogP) is 3.39. The van der Waals surface area contributed by atoms with Crippen molar-refractivity contribution in [3.63, 3.8) is 0 Å². The summed E-state index contributed by atoms with van der Waals surface area (Å²) in [6, 6.07) is 0. The molecule has 0 aliphatic carbocycles. The van der Waals surface area contributed by atoms with Gasteiger partial charge in [0.2, 0.25) is 0 Å². The average Bonchev–Trinajstić information content (AvgIpc) is 2.25. The molecule has 4 heteroatoms. The predicted molar refractivity (Wildman–Crippen MR) is 70.4 cm³/mol. The maximum absolute atomic E-state index is 11.6. The van der Waals surface area contributed by atoms with Crippen LogP contribution in [-0.2, 0) is 14.3 Å². The van der Waals surface area contributed by atoms with Crippen molar-refractivity contribution >= 4 is 17.6 Å². The molecule has 3 unspecified atom stereocenters. The smallest absolute Gasteiger partial charge is 0.324 e. The van der Waals surface area contributed by atoms with Gasteiger partial charge in [-0.25, -0.2) is 0 Å². The fraction of sp³-hybridized carbons (Fsp3) is 0.923. The first-order valence-electron chi connectivity index (χ1n) is 6.21. The fourth-order valence-electron chi connectivity index (χ4n) is 1.35. The lowest BCUT2D eigenvalue weighted by molar-refractivity contribution is -0.166. The van der Waals surface area contributed by atoms with E-state index in [-0.39, 0.29) is 18.0 Å². The van der Waals surface area contributed by atoms with Crippen LogP contribution in [0.15, 0.2) is 0 Å². The Morgan fingerprint density at radius 2 is 1.82 bits per heavy atom. The van der Waals surface area contributed by atoms with Crippen molar-refractivity contribution in [3.05, 3.63) is 0 Å². The Labute approximate surface area is 110 Å². The van der Waals surface area contributed by atoms with Gasteiger partial charge < -0.3 is 9.47 Å². The molecule has 0 aromatic heterocycles. The first-order valence-corrected chi connectivity index (χ1v) is 6.65. The topological polar surface area (TPSA) is 35.5 Å². The van der Waals surface area contributed by atoms with Gasteiger partial charge in [0.15, 0.2) is 0 Å². The minimum atomic E-state index is -0.612. The van der Waals surface area contributed by atoms with Crippen LogP contribution >= 0.6 is 11.6 Å². The molecular weight excluding hydrogens is 240 g/mol. The molecular formula is C13H25ClO3. The molecule has 0 fully saturated rings. The molecule has 0 amide bonds. The normalized spacial score (nSPS) is 18.6. The summed E-state index contributed by atoms with van der Waals surface area (Å²) >= 11 is 5.72. The van der Waals surface area contributed by atoms with Gasteiger partial charge in [-0.2, -0.15) is 0 Å². The second kappa shape index (κ2) is 7.22. The molecule has 102 valence electrons. The van der Waals surface area contributed by atoms with Crippen molar-refractivity contribution < 1.29 is 14.3 Å². The molecule has 0 aromatic rings. The minimum absolute atomic E-state index is 0.134. The van der Waals surface area contributed by atoms with Crippen molar-refractivity contribution in [1.29, 1.82) is 0 Å². The van der Waals surface area contributed by atoms with Crippen LogP contribution in [0.2, 0.25) is 0 Å². The van der Waals surface area contributed by atoms with E-state index in [1.54, 1.807) is 6.92 Å². The quantitative estimate of drug-likeness (QED) is 0.522. The first-order chi connectivity index (χ1) is 7.73. The highest BCUT2D eigenvalue weighted by molar-refractivity contribution is 6.29. The lowest BCUT2D eigenvalue weighted by Crippen LogP contribution is -2.41. The minimum Gasteiger partial charge on any atom is -0.458 e. The monoisotopic (exact) mass is 264 g/mol. The molecule has 0 bridgehead atoms. The molecule has 0 aliphatic rings. The van der Waals surface area contributed by atoms with Gasteiger partial charge in [-0.1, -0.05) is 13.8 Å². The molecule has 0 N–H and O–H groups in total. The molecule has 0 aromatic carbocycles. The summed E-state index contributed by atoms with van der Waals surface area (Å²) in [4.78, 5) is 11.6. The number of esters is 1. The first kappa shape index (κ1) is 16.7. The molecule has 0 saturated heterocycles. The maximum atomic E-state index is 11.6. The number of carbonyl (C=O) groups is 1. The molecule has 0 rings (SSSR count). The van der Waals surface area contributed by atoms with Crippen molar-refractivity contribution in [2.45, 2.75) is 65.0 Å². The van der Waals surface area contributed by atoms with Crippen LogP contribution in [-0.4, -0.2) is 29.7 Å². The van der Waals surface area contributed by atoms with E-state index in [0.717, 1.165) is 6.42 Å². The van der Waals surface area contributed by atoms with Gasteiger partial charge in [0.25, 0.3) is 0 Å². The van der Waals surface area contributed by atoms with E-state index in [0.29, 0.717) is 6.61 Å². The summed E-state index contributed by atoms with van der Waals surface area (Å²) in [5.74, 6) is -0.235. The number of carbonyl (C=O) groups excluding carboxylic acids is 1. The molecule has 0 spiro atoms. The van der Waals surface area contributed by atoms with Gasteiger partial charge in [0.1, 0.15) is 11.0 Å². The highest BCUT2D eigenvalue weighted by Gasteiger charge is 2.34.